The predicted molar refractivity (Wildman–Crippen MR) is 69.4 cm³/mol. The summed E-state index contributed by atoms with van der Waals surface area (Å²) >= 11 is 0. The van der Waals surface area contributed by atoms with Gasteiger partial charge in [-0.25, -0.2) is 0 Å². The third-order valence-electron chi connectivity index (χ3n) is 3.40. The summed E-state index contributed by atoms with van der Waals surface area (Å²) in [5, 5.41) is 0. The molecule has 1 aliphatic rings. The van der Waals surface area contributed by atoms with E-state index in [1.54, 1.807) is 0 Å². The van der Waals surface area contributed by atoms with E-state index in [1.807, 2.05) is 0 Å². The van der Waals surface area contributed by atoms with Crippen LogP contribution in [-0.4, -0.2) is 6.54 Å². The van der Waals surface area contributed by atoms with Crippen molar-refractivity contribution in [1.29, 1.82) is 0 Å². The fourth-order valence-electron chi connectivity index (χ4n) is 2.07. The zero-order chi connectivity index (χ0) is 11.6. The van der Waals surface area contributed by atoms with E-state index in [0.29, 0.717) is 6.54 Å². The van der Waals surface area contributed by atoms with Crippen LogP contribution in [-0.2, 0) is 5.41 Å². The second-order valence-corrected chi connectivity index (χ2v) is 4.80. The summed E-state index contributed by atoms with van der Waals surface area (Å²) in [5.41, 5.74) is 9.69. The zero-order valence-electron chi connectivity index (χ0n) is 10.0. The van der Waals surface area contributed by atoms with Crippen LogP contribution in [0.15, 0.2) is 48.1 Å². The summed E-state index contributed by atoms with van der Waals surface area (Å²) in [6.45, 7) is 5.04. The van der Waals surface area contributed by atoms with Crippen molar-refractivity contribution in [2.45, 2.75) is 25.7 Å². The van der Waals surface area contributed by atoms with Gasteiger partial charge in [0.25, 0.3) is 0 Å². The van der Waals surface area contributed by atoms with E-state index in [-0.39, 0.29) is 5.41 Å². The number of aryl methyl sites for hydroxylation is 1. The van der Waals surface area contributed by atoms with Gasteiger partial charge < -0.3 is 5.73 Å². The highest BCUT2D eigenvalue weighted by molar-refractivity contribution is 5.39. The fraction of sp³-hybridized carbons (Fsp3) is 0.333. The Balaban J connectivity index is 2.26. The van der Waals surface area contributed by atoms with Crippen molar-refractivity contribution in [2.75, 3.05) is 6.54 Å². The molecule has 84 valence electrons. The highest BCUT2D eigenvalue weighted by Crippen LogP contribution is 2.33. The molecule has 0 spiro atoms. The number of rotatable bonds is 2. The molecular weight excluding hydrogens is 194 g/mol. The first-order valence-corrected chi connectivity index (χ1v) is 5.79. The van der Waals surface area contributed by atoms with Gasteiger partial charge in [0, 0.05) is 12.0 Å². The highest BCUT2D eigenvalue weighted by Gasteiger charge is 2.24. The molecule has 2 N–H and O–H groups in total. The van der Waals surface area contributed by atoms with Crippen LogP contribution < -0.4 is 5.73 Å². The van der Waals surface area contributed by atoms with E-state index >= 15 is 0 Å². The molecule has 0 heterocycles. The van der Waals surface area contributed by atoms with Crippen LogP contribution in [0.1, 0.15) is 24.5 Å². The summed E-state index contributed by atoms with van der Waals surface area (Å²) in [4.78, 5) is 0. The molecule has 1 aliphatic carbocycles. The lowest BCUT2D eigenvalue weighted by molar-refractivity contribution is 0.595. The molecule has 1 aromatic rings. The van der Waals surface area contributed by atoms with Gasteiger partial charge in [0.1, 0.15) is 0 Å². The molecule has 0 aliphatic heterocycles. The van der Waals surface area contributed by atoms with Crippen molar-refractivity contribution in [3.05, 3.63) is 59.2 Å². The molecule has 0 radical (unpaired) electrons. The van der Waals surface area contributed by atoms with Gasteiger partial charge in [0.15, 0.2) is 0 Å². The van der Waals surface area contributed by atoms with E-state index in [0.717, 1.165) is 6.42 Å². The Morgan fingerprint density at radius 1 is 1.25 bits per heavy atom. The molecule has 16 heavy (non-hydrogen) atoms. The van der Waals surface area contributed by atoms with Crippen LogP contribution in [0.2, 0.25) is 0 Å². The number of allylic oxidation sites excluding steroid dienone is 2. The van der Waals surface area contributed by atoms with Gasteiger partial charge in [-0.05, 0) is 24.5 Å². The third-order valence-corrected chi connectivity index (χ3v) is 3.40. The SMILES string of the molecule is Cc1ccc(C2(C)C=CC(CN)=CC2)cc1. The maximum atomic E-state index is 5.63. The first kappa shape index (κ1) is 11.2. The van der Waals surface area contributed by atoms with Gasteiger partial charge in [-0.3, -0.25) is 0 Å². The smallest absolute Gasteiger partial charge is 0.0174 e. The molecule has 1 unspecified atom stereocenters. The number of hydrogen-bond acceptors (Lipinski definition) is 1. The highest BCUT2D eigenvalue weighted by atomic mass is 14.5. The Kier molecular flexibility index (Phi) is 2.97. The quantitative estimate of drug-likeness (QED) is 0.802. The maximum absolute atomic E-state index is 5.63. The van der Waals surface area contributed by atoms with Crippen LogP contribution in [0.5, 0.6) is 0 Å². The molecule has 0 amide bonds. The number of hydrogen-bond donors (Lipinski definition) is 1. The lowest BCUT2D eigenvalue weighted by Gasteiger charge is -2.28. The van der Waals surface area contributed by atoms with Crippen LogP contribution >= 0.6 is 0 Å². The van der Waals surface area contributed by atoms with Gasteiger partial charge in [0.2, 0.25) is 0 Å². The Hall–Kier alpha value is -1.34. The topological polar surface area (TPSA) is 26.0 Å². The average Bonchev–Trinajstić information content (AvgIpc) is 2.31. The Bertz CT molecular complexity index is 425. The predicted octanol–water partition coefficient (Wildman–Crippen LogP) is 3.10. The van der Waals surface area contributed by atoms with E-state index in [4.69, 9.17) is 5.73 Å². The van der Waals surface area contributed by atoms with Gasteiger partial charge in [0.05, 0.1) is 0 Å². The largest absolute Gasteiger partial charge is 0.327 e. The van der Waals surface area contributed by atoms with Crippen molar-refractivity contribution in [3.8, 4) is 0 Å². The fourth-order valence-corrected chi connectivity index (χ4v) is 2.07. The van der Waals surface area contributed by atoms with Crippen LogP contribution in [0, 0.1) is 6.92 Å². The summed E-state index contributed by atoms with van der Waals surface area (Å²) in [5.74, 6) is 0. The molecule has 0 fully saturated rings. The van der Waals surface area contributed by atoms with Gasteiger partial charge in [-0.15, -0.1) is 0 Å². The molecule has 1 aromatic carbocycles. The standard InChI is InChI=1S/C15H19N/c1-12-3-5-14(6-4-12)15(2)9-7-13(11-16)8-10-15/h3-9H,10-11,16H2,1-2H3. The monoisotopic (exact) mass is 213 g/mol. The molecule has 2 rings (SSSR count). The molecule has 0 saturated carbocycles. The Labute approximate surface area is 97.7 Å². The van der Waals surface area contributed by atoms with Gasteiger partial charge in [-0.2, -0.15) is 0 Å². The average molecular weight is 213 g/mol. The third kappa shape index (κ3) is 2.10. The van der Waals surface area contributed by atoms with Crippen LogP contribution in [0.25, 0.3) is 0 Å². The van der Waals surface area contributed by atoms with Crippen molar-refractivity contribution in [2.24, 2.45) is 5.73 Å². The molecule has 0 saturated heterocycles. The zero-order valence-corrected chi connectivity index (χ0v) is 10.0. The minimum atomic E-state index is 0.131. The second-order valence-electron chi connectivity index (χ2n) is 4.80. The van der Waals surface area contributed by atoms with Crippen molar-refractivity contribution < 1.29 is 0 Å². The van der Waals surface area contributed by atoms with E-state index in [9.17, 15) is 0 Å². The summed E-state index contributed by atoms with van der Waals surface area (Å²) in [7, 11) is 0. The van der Waals surface area contributed by atoms with Gasteiger partial charge in [-0.1, -0.05) is 55.0 Å². The molecule has 1 nitrogen and oxygen atoms in total. The van der Waals surface area contributed by atoms with Crippen LogP contribution in [0.4, 0.5) is 0 Å². The Morgan fingerprint density at radius 3 is 2.44 bits per heavy atom. The van der Waals surface area contributed by atoms with E-state index in [1.165, 1.54) is 16.7 Å². The Morgan fingerprint density at radius 2 is 1.94 bits per heavy atom. The lowest BCUT2D eigenvalue weighted by Crippen LogP contribution is -2.21. The summed E-state index contributed by atoms with van der Waals surface area (Å²) in [6, 6.07) is 8.80. The van der Waals surface area contributed by atoms with E-state index < -0.39 is 0 Å². The van der Waals surface area contributed by atoms with Crippen molar-refractivity contribution in [3.63, 3.8) is 0 Å². The molecule has 1 atom stereocenters. The van der Waals surface area contributed by atoms with Crippen molar-refractivity contribution in [1.82, 2.24) is 0 Å². The lowest BCUT2D eigenvalue weighted by atomic mass is 9.76. The molecule has 1 heteroatoms. The summed E-state index contributed by atoms with van der Waals surface area (Å²) in [6.07, 6.45) is 7.72. The molecular formula is C15H19N. The minimum Gasteiger partial charge on any atom is -0.327 e. The first-order valence-electron chi connectivity index (χ1n) is 5.79. The van der Waals surface area contributed by atoms with E-state index in [2.05, 4.69) is 56.3 Å². The maximum Gasteiger partial charge on any atom is 0.0174 e. The number of benzene rings is 1. The molecule has 0 bridgehead atoms. The number of nitrogens with two attached hydrogens (primary N) is 1. The van der Waals surface area contributed by atoms with Gasteiger partial charge >= 0.3 is 0 Å². The van der Waals surface area contributed by atoms with Crippen LogP contribution in [0.3, 0.4) is 0 Å². The second kappa shape index (κ2) is 4.26. The minimum absolute atomic E-state index is 0.131. The summed E-state index contributed by atoms with van der Waals surface area (Å²) < 4.78 is 0. The molecule has 0 aromatic heterocycles. The normalized spacial score (nSPS) is 24.3. The van der Waals surface area contributed by atoms with Crippen molar-refractivity contribution >= 4 is 0 Å². The first-order chi connectivity index (χ1) is 7.64.